The molecule has 4 aromatic rings. The first kappa shape index (κ1) is 18.7. The van der Waals surface area contributed by atoms with Gasteiger partial charge < -0.3 is 15.7 Å². The number of imidazole rings is 1. The van der Waals surface area contributed by atoms with Gasteiger partial charge in [-0.25, -0.2) is 15.0 Å². The molecule has 0 radical (unpaired) electrons. The monoisotopic (exact) mass is 420 g/mol. The summed E-state index contributed by atoms with van der Waals surface area (Å²) < 4.78 is 1.92. The Morgan fingerprint density at radius 2 is 2.03 bits per heavy atom. The number of rotatable bonds is 7. The maximum absolute atomic E-state index is 12.2. The number of aliphatic hydroxyl groups is 1. The van der Waals surface area contributed by atoms with Gasteiger partial charge in [-0.1, -0.05) is 12.1 Å². The molecule has 0 bridgehead atoms. The average molecular weight is 420 g/mol. The summed E-state index contributed by atoms with van der Waals surface area (Å²) in [5.74, 6) is 1.03. The van der Waals surface area contributed by atoms with Crippen molar-refractivity contribution in [1.82, 2.24) is 24.8 Å². The van der Waals surface area contributed by atoms with Crippen molar-refractivity contribution in [3.05, 3.63) is 53.0 Å². The summed E-state index contributed by atoms with van der Waals surface area (Å²) >= 11 is 1.60. The molecule has 30 heavy (non-hydrogen) atoms. The average Bonchev–Trinajstić information content (AvgIpc) is 3.25. The van der Waals surface area contributed by atoms with Crippen LogP contribution < -0.4 is 10.6 Å². The van der Waals surface area contributed by atoms with Gasteiger partial charge in [-0.05, 0) is 36.4 Å². The Labute approximate surface area is 176 Å². The fraction of sp³-hybridized carbons (Fsp3) is 0.238. The molecule has 0 unspecified atom stereocenters. The Hall–Kier alpha value is -3.30. The lowest BCUT2D eigenvalue weighted by Gasteiger charge is -2.09. The summed E-state index contributed by atoms with van der Waals surface area (Å²) in [6, 6.07) is 9.60. The van der Waals surface area contributed by atoms with Crippen molar-refractivity contribution in [2.75, 3.05) is 18.5 Å². The van der Waals surface area contributed by atoms with Crippen molar-refractivity contribution < 1.29 is 9.90 Å². The zero-order valence-corrected chi connectivity index (χ0v) is 16.9. The third-order valence-corrected chi connectivity index (χ3v) is 5.57. The van der Waals surface area contributed by atoms with Crippen LogP contribution in [0.1, 0.15) is 23.2 Å². The van der Waals surface area contributed by atoms with Crippen LogP contribution in [0, 0.1) is 0 Å². The van der Waals surface area contributed by atoms with E-state index < -0.39 is 0 Å². The SMILES string of the molecule is O=C(NC1CC1)c1ccc(-c2nc(NCCO)c3ncn(-c4ccsc4)c3n2)cc1. The third kappa shape index (κ3) is 3.64. The fourth-order valence-electron chi connectivity index (χ4n) is 3.18. The summed E-state index contributed by atoms with van der Waals surface area (Å²) in [6.07, 6.45) is 3.83. The third-order valence-electron chi connectivity index (χ3n) is 4.90. The maximum Gasteiger partial charge on any atom is 0.251 e. The number of thiophene rings is 1. The Balaban J connectivity index is 1.54. The van der Waals surface area contributed by atoms with Gasteiger partial charge in [-0.2, -0.15) is 11.3 Å². The molecule has 1 aromatic carbocycles. The Kier molecular flexibility index (Phi) is 4.89. The van der Waals surface area contributed by atoms with Crippen LogP contribution in [0.2, 0.25) is 0 Å². The quantitative estimate of drug-likeness (QED) is 0.425. The van der Waals surface area contributed by atoms with Gasteiger partial charge in [-0.3, -0.25) is 9.36 Å². The molecular weight excluding hydrogens is 400 g/mol. The van der Waals surface area contributed by atoms with Crippen molar-refractivity contribution in [3.63, 3.8) is 0 Å². The van der Waals surface area contributed by atoms with Gasteiger partial charge in [0.15, 0.2) is 22.8 Å². The van der Waals surface area contributed by atoms with E-state index in [9.17, 15) is 9.90 Å². The van der Waals surface area contributed by atoms with Gasteiger partial charge >= 0.3 is 0 Å². The molecule has 1 fully saturated rings. The van der Waals surface area contributed by atoms with Crippen molar-refractivity contribution in [2.45, 2.75) is 18.9 Å². The molecule has 1 amide bonds. The van der Waals surface area contributed by atoms with E-state index in [2.05, 4.69) is 20.6 Å². The number of fused-ring (bicyclic) bond motifs is 1. The smallest absolute Gasteiger partial charge is 0.251 e. The number of hydrogen-bond donors (Lipinski definition) is 3. The summed E-state index contributed by atoms with van der Waals surface area (Å²) in [4.78, 5) is 26.1. The molecular formula is C21H20N6O2S. The van der Waals surface area contributed by atoms with E-state index in [1.165, 1.54) is 0 Å². The summed E-state index contributed by atoms with van der Waals surface area (Å²) in [5, 5.41) is 19.4. The van der Waals surface area contributed by atoms with Crippen LogP contribution in [0.4, 0.5) is 5.82 Å². The highest BCUT2D eigenvalue weighted by molar-refractivity contribution is 7.08. The number of hydrogen-bond acceptors (Lipinski definition) is 7. The number of amides is 1. The highest BCUT2D eigenvalue weighted by atomic mass is 32.1. The summed E-state index contributed by atoms with van der Waals surface area (Å²) in [5.41, 5.74) is 3.71. The molecule has 3 N–H and O–H groups in total. The number of aliphatic hydroxyl groups excluding tert-OH is 1. The van der Waals surface area contributed by atoms with Gasteiger partial charge in [-0.15, -0.1) is 0 Å². The van der Waals surface area contributed by atoms with Gasteiger partial charge in [0.2, 0.25) is 0 Å². The minimum absolute atomic E-state index is 0.0170. The number of nitrogens with one attached hydrogen (secondary N) is 2. The molecule has 8 nitrogen and oxygen atoms in total. The molecule has 3 heterocycles. The van der Waals surface area contributed by atoms with Gasteiger partial charge in [0.1, 0.15) is 6.33 Å². The number of carbonyl (C=O) groups excluding carboxylic acids is 1. The first-order valence-electron chi connectivity index (χ1n) is 9.76. The first-order chi connectivity index (χ1) is 14.7. The highest BCUT2D eigenvalue weighted by Gasteiger charge is 2.23. The van der Waals surface area contributed by atoms with Crippen LogP contribution in [0.3, 0.4) is 0 Å². The maximum atomic E-state index is 12.2. The van der Waals surface area contributed by atoms with Crippen molar-refractivity contribution >= 4 is 34.2 Å². The van der Waals surface area contributed by atoms with Gasteiger partial charge in [0, 0.05) is 29.1 Å². The Morgan fingerprint density at radius 3 is 2.73 bits per heavy atom. The number of nitrogens with zero attached hydrogens (tertiary/aromatic N) is 4. The van der Waals surface area contributed by atoms with Crippen LogP contribution in [0.5, 0.6) is 0 Å². The van der Waals surface area contributed by atoms with E-state index in [0.29, 0.717) is 41.0 Å². The molecule has 0 aliphatic heterocycles. The molecule has 5 rings (SSSR count). The van der Waals surface area contributed by atoms with E-state index in [0.717, 1.165) is 24.1 Å². The van der Waals surface area contributed by atoms with Crippen LogP contribution in [0.25, 0.3) is 28.2 Å². The number of aromatic nitrogens is 4. The van der Waals surface area contributed by atoms with Gasteiger partial charge in [0.25, 0.3) is 5.91 Å². The summed E-state index contributed by atoms with van der Waals surface area (Å²) in [7, 11) is 0. The minimum atomic E-state index is -0.0544. The molecule has 152 valence electrons. The standard InChI is InChI=1S/C21H20N6O2S/c28-9-8-22-19-17-20(27(12-23-17)16-7-10-30-11-16)26-18(25-19)13-1-3-14(4-2-13)21(29)24-15-5-6-15/h1-4,7,10-12,15,28H,5-6,8-9H2,(H,24,29)(H,22,25,26). The van der Waals surface area contributed by atoms with E-state index in [1.54, 1.807) is 29.8 Å². The summed E-state index contributed by atoms with van der Waals surface area (Å²) in [6.45, 7) is 0.341. The Morgan fingerprint density at radius 1 is 1.20 bits per heavy atom. The lowest BCUT2D eigenvalue weighted by atomic mass is 10.1. The van der Waals surface area contributed by atoms with E-state index in [4.69, 9.17) is 4.98 Å². The lowest BCUT2D eigenvalue weighted by molar-refractivity contribution is 0.0951. The molecule has 3 aromatic heterocycles. The second-order valence-electron chi connectivity index (χ2n) is 7.14. The largest absolute Gasteiger partial charge is 0.395 e. The normalized spacial score (nSPS) is 13.5. The van der Waals surface area contributed by atoms with Crippen molar-refractivity contribution in [1.29, 1.82) is 0 Å². The van der Waals surface area contributed by atoms with E-state index >= 15 is 0 Å². The van der Waals surface area contributed by atoms with Crippen LogP contribution in [-0.4, -0.2) is 49.7 Å². The number of benzene rings is 1. The predicted octanol–water partition coefficient (Wildman–Crippen LogP) is 2.84. The lowest BCUT2D eigenvalue weighted by Crippen LogP contribution is -2.25. The van der Waals surface area contributed by atoms with Crippen LogP contribution in [-0.2, 0) is 0 Å². The van der Waals surface area contributed by atoms with Crippen molar-refractivity contribution in [2.24, 2.45) is 0 Å². The second kappa shape index (κ2) is 7.85. The molecule has 0 spiro atoms. The molecule has 9 heteroatoms. The minimum Gasteiger partial charge on any atom is -0.395 e. The van der Waals surface area contributed by atoms with Crippen molar-refractivity contribution in [3.8, 4) is 17.1 Å². The predicted molar refractivity (Wildman–Crippen MR) is 116 cm³/mol. The molecule has 0 saturated heterocycles. The van der Waals surface area contributed by atoms with Crippen LogP contribution in [0.15, 0.2) is 47.4 Å². The molecule has 1 saturated carbocycles. The molecule has 1 aliphatic rings. The fourth-order valence-corrected chi connectivity index (χ4v) is 3.81. The van der Waals surface area contributed by atoms with Crippen LogP contribution >= 0.6 is 11.3 Å². The Bertz CT molecular complexity index is 1180. The second-order valence-corrected chi connectivity index (χ2v) is 7.92. The first-order valence-corrected chi connectivity index (χ1v) is 10.7. The van der Waals surface area contributed by atoms with E-state index in [1.807, 2.05) is 33.5 Å². The van der Waals surface area contributed by atoms with E-state index in [-0.39, 0.29) is 12.5 Å². The number of anilines is 1. The zero-order chi connectivity index (χ0) is 20.5. The van der Waals surface area contributed by atoms with Gasteiger partial charge in [0.05, 0.1) is 12.3 Å². The molecule has 1 aliphatic carbocycles. The zero-order valence-electron chi connectivity index (χ0n) is 16.1. The topological polar surface area (TPSA) is 105 Å². The number of carbonyl (C=O) groups is 1. The highest BCUT2D eigenvalue weighted by Crippen LogP contribution is 2.27. The molecule has 0 atom stereocenters.